The molecule has 1 heterocycles. The molecule has 3 aliphatic carbocycles. The molecule has 2 amide bonds. The number of halogens is 2. The Morgan fingerprint density at radius 2 is 1.24 bits per heavy atom. The van der Waals surface area contributed by atoms with Crippen molar-refractivity contribution in [2.45, 2.75) is 34.8 Å². The maximum absolute atomic E-state index is 14.3. The highest BCUT2D eigenvalue weighted by atomic mass is 79.9. The van der Waals surface area contributed by atoms with Crippen molar-refractivity contribution in [2.24, 2.45) is 11.8 Å². The zero-order chi connectivity index (χ0) is 25.9. The van der Waals surface area contributed by atoms with Gasteiger partial charge in [-0.15, -0.1) is 0 Å². The smallest absolute Gasteiger partial charge is 0.340 e. The van der Waals surface area contributed by atoms with E-state index in [1.807, 2.05) is 48.5 Å². The van der Waals surface area contributed by atoms with E-state index in [0.29, 0.717) is 6.61 Å². The van der Waals surface area contributed by atoms with Gasteiger partial charge in [-0.3, -0.25) is 9.59 Å². The lowest BCUT2D eigenvalue weighted by Crippen LogP contribution is -2.56. The number of carbonyl (C=O) groups is 3. The first-order chi connectivity index (χ1) is 17.9. The number of esters is 1. The van der Waals surface area contributed by atoms with E-state index in [9.17, 15) is 14.4 Å². The Kier molecular flexibility index (Phi) is 5.92. The molecule has 2 unspecified atom stereocenters. The summed E-state index contributed by atoms with van der Waals surface area (Å²) in [4.78, 5) is 42.8. The number of anilines is 1. The first kappa shape index (κ1) is 24.6. The molecule has 0 N–H and O–H groups in total. The zero-order valence-electron chi connectivity index (χ0n) is 20.2. The lowest BCUT2D eigenvalue weighted by atomic mass is 9.54. The molecule has 2 atom stereocenters. The Balaban J connectivity index is 1.48. The van der Waals surface area contributed by atoms with Crippen LogP contribution in [-0.4, -0.2) is 24.4 Å². The van der Waals surface area contributed by atoms with Crippen LogP contribution in [0.4, 0.5) is 5.69 Å². The standard InChI is InChI=1S/C30H25Br2NO4/c1-2-3-10-17-37-28(36)18-11-4-9-16-23(18)33-26(34)24-25(27(33)35)30(32)20-13-6-5-12-19(20)29(24,31)21-14-7-8-15-22(21)30/h4-9,11-16,24-25H,2-3,10,17H2,1H3. The van der Waals surface area contributed by atoms with E-state index in [4.69, 9.17) is 4.74 Å². The van der Waals surface area contributed by atoms with Crippen molar-refractivity contribution >= 4 is 55.3 Å². The molecule has 188 valence electrons. The van der Waals surface area contributed by atoms with Crippen molar-refractivity contribution in [1.82, 2.24) is 0 Å². The molecule has 5 nitrogen and oxygen atoms in total. The Labute approximate surface area is 232 Å². The van der Waals surface area contributed by atoms with Crippen LogP contribution in [-0.2, 0) is 23.0 Å². The number of amides is 2. The normalized spacial score (nSPS) is 27.1. The molecule has 37 heavy (non-hydrogen) atoms. The second kappa shape index (κ2) is 8.91. The second-order valence-electron chi connectivity index (χ2n) is 9.84. The number of unbranched alkanes of at least 4 members (excludes halogenated alkanes) is 2. The minimum Gasteiger partial charge on any atom is -0.462 e. The van der Waals surface area contributed by atoms with E-state index in [0.717, 1.165) is 41.5 Å². The molecule has 2 bridgehead atoms. The van der Waals surface area contributed by atoms with E-state index >= 15 is 0 Å². The van der Waals surface area contributed by atoms with Gasteiger partial charge in [0.2, 0.25) is 11.8 Å². The number of para-hydroxylation sites is 1. The molecule has 0 spiro atoms. The average molecular weight is 623 g/mol. The van der Waals surface area contributed by atoms with Crippen LogP contribution in [0.3, 0.4) is 0 Å². The fraction of sp³-hybridized carbons (Fsp3) is 0.300. The highest BCUT2D eigenvalue weighted by Gasteiger charge is 2.72. The van der Waals surface area contributed by atoms with Crippen LogP contribution in [0.25, 0.3) is 0 Å². The summed E-state index contributed by atoms with van der Waals surface area (Å²) in [5.74, 6) is -2.58. The monoisotopic (exact) mass is 621 g/mol. The number of ether oxygens (including phenoxy) is 1. The molecule has 1 fully saturated rings. The van der Waals surface area contributed by atoms with Crippen LogP contribution < -0.4 is 4.90 Å². The van der Waals surface area contributed by atoms with Crippen LogP contribution in [0.15, 0.2) is 72.8 Å². The van der Waals surface area contributed by atoms with Crippen LogP contribution in [0.2, 0.25) is 0 Å². The Morgan fingerprint density at radius 1 is 0.784 bits per heavy atom. The summed E-state index contributed by atoms with van der Waals surface area (Å²) in [6.45, 7) is 2.38. The van der Waals surface area contributed by atoms with E-state index < -0.39 is 26.5 Å². The van der Waals surface area contributed by atoms with Gasteiger partial charge < -0.3 is 4.74 Å². The number of hydrogen-bond acceptors (Lipinski definition) is 4. The molecule has 7 rings (SSSR count). The van der Waals surface area contributed by atoms with Gasteiger partial charge in [0.15, 0.2) is 0 Å². The van der Waals surface area contributed by atoms with Crippen LogP contribution in [0, 0.1) is 11.8 Å². The van der Waals surface area contributed by atoms with Gasteiger partial charge >= 0.3 is 5.97 Å². The van der Waals surface area contributed by atoms with Gasteiger partial charge in [-0.25, -0.2) is 9.69 Å². The Morgan fingerprint density at radius 3 is 1.73 bits per heavy atom. The van der Waals surface area contributed by atoms with Crippen LogP contribution in [0.1, 0.15) is 58.8 Å². The van der Waals surface area contributed by atoms with E-state index in [1.165, 1.54) is 4.90 Å². The number of carbonyl (C=O) groups excluding carboxylic acids is 3. The third-order valence-corrected chi connectivity index (χ3v) is 10.6. The first-order valence-corrected chi connectivity index (χ1v) is 14.2. The summed E-state index contributed by atoms with van der Waals surface area (Å²) in [6.07, 6.45) is 2.75. The van der Waals surface area contributed by atoms with E-state index in [1.54, 1.807) is 24.3 Å². The minimum absolute atomic E-state index is 0.217. The van der Waals surface area contributed by atoms with Gasteiger partial charge in [0, 0.05) is 0 Å². The molecular weight excluding hydrogens is 598 g/mol. The average Bonchev–Trinajstić information content (AvgIpc) is 3.20. The van der Waals surface area contributed by atoms with Crippen LogP contribution in [0.5, 0.6) is 0 Å². The van der Waals surface area contributed by atoms with Crippen molar-refractivity contribution in [1.29, 1.82) is 0 Å². The van der Waals surface area contributed by atoms with Crippen molar-refractivity contribution < 1.29 is 19.1 Å². The predicted octanol–water partition coefficient (Wildman–Crippen LogP) is 6.44. The van der Waals surface area contributed by atoms with Gasteiger partial charge in [-0.1, -0.05) is 112 Å². The highest BCUT2D eigenvalue weighted by molar-refractivity contribution is 9.10. The summed E-state index contributed by atoms with van der Waals surface area (Å²) in [7, 11) is 0. The zero-order valence-corrected chi connectivity index (χ0v) is 23.4. The summed E-state index contributed by atoms with van der Waals surface area (Å²) in [6, 6.07) is 22.6. The fourth-order valence-electron chi connectivity index (χ4n) is 6.34. The third kappa shape index (κ3) is 3.23. The van der Waals surface area contributed by atoms with Gasteiger partial charge in [-0.2, -0.15) is 0 Å². The molecule has 4 aliphatic rings. The largest absolute Gasteiger partial charge is 0.462 e. The van der Waals surface area contributed by atoms with Gasteiger partial charge in [0.25, 0.3) is 0 Å². The van der Waals surface area contributed by atoms with E-state index in [2.05, 4.69) is 38.8 Å². The molecular formula is C30H25Br2NO4. The second-order valence-corrected chi connectivity index (χ2v) is 12.3. The minimum atomic E-state index is -0.878. The van der Waals surface area contributed by atoms with Crippen molar-refractivity contribution in [2.75, 3.05) is 11.5 Å². The molecule has 3 aromatic carbocycles. The molecule has 1 aliphatic heterocycles. The molecule has 3 aromatic rings. The maximum Gasteiger partial charge on any atom is 0.340 e. The third-order valence-electron chi connectivity index (χ3n) is 7.93. The molecule has 7 heteroatoms. The topological polar surface area (TPSA) is 63.7 Å². The maximum atomic E-state index is 14.3. The number of alkyl halides is 2. The van der Waals surface area contributed by atoms with Gasteiger partial charge in [0.05, 0.1) is 38.3 Å². The van der Waals surface area contributed by atoms with E-state index in [-0.39, 0.29) is 23.1 Å². The number of imide groups is 1. The first-order valence-electron chi connectivity index (χ1n) is 12.6. The van der Waals surface area contributed by atoms with Crippen molar-refractivity contribution in [3.05, 3.63) is 101 Å². The van der Waals surface area contributed by atoms with Crippen molar-refractivity contribution in [3.63, 3.8) is 0 Å². The quantitative estimate of drug-likeness (QED) is 0.137. The van der Waals surface area contributed by atoms with Crippen molar-refractivity contribution in [3.8, 4) is 0 Å². The number of benzene rings is 3. The summed E-state index contributed by atoms with van der Waals surface area (Å²) in [5.41, 5.74) is 4.37. The SMILES string of the molecule is CCCCCOC(=O)c1ccccc1N1C(=O)C2C(C1=O)C1(Br)c3ccccc3C2(Br)c2ccccc21. The fourth-order valence-corrected chi connectivity index (χ4v) is 8.64. The number of rotatable bonds is 6. The number of nitrogens with zero attached hydrogens (tertiary/aromatic N) is 1. The molecule has 1 saturated heterocycles. The summed E-state index contributed by atoms with van der Waals surface area (Å²) in [5, 5.41) is 0. The molecule has 0 radical (unpaired) electrons. The number of hydrogen-bond donors (Lipinski definition) is 0. The highest BCUT2D eigenvalue weighted by Crippen LogP contribution is 2.70. The Bertz CT molecular complexity index is 1330. The summed E-state index contributed by atoms with van der Waals surface area (Å²) >= 11 is 8.03. The van der Waals surface area contributed by atoms with Gasteiger partial charge in [0.1, 0.15) is 0 Å². The van der Waals surface area contributed by atoms with Crippen LogP contribution >= 0.6 is 31.9 Å². The lowest BCUT2D eigenvalue weighted by molar-refractivity contribution is -0.122. The Hall–Kier alpha value is -2.77. The predicted molar refractivity (Wildman–Crippen MR) is 148 cm³/mol. The summed E-state index contributed by atoms with van der Waals surface area (Å²) < 4.78 is 3.75. The molecule has 0 aromatic heterocycles. The molecule has 0 saturated carbocycles. The van der Waals surface area contributed by atoms with Gasteiger partial charge in [-0.05, 0) is 40.8 Å². The lowest BCUT2D eigenvalue weighted by Gasteiger charge is -2.55.